The number of allylic oxidation sites excluding steroid dienone is 1. The minimum Gasteiger partial charge on any atom is -0.508 e. The molecule has 1 saturated heterocycles. The van der Waals surface area contributed by atoms with E-state index in [-0.39, 0.29) is 17.9 Å². The lowest BCUT2D eigenvalue weighted by Crippen LogP contribution is -2.54. The predicted octanol–water partition coefficient (Wildman–Crippen LogP) is 4.25. The summed E-state index contributed by atoms with van der Waals surface area (Å²) >= 11 is 0. The summed E-state index contributed by atoms with van der Waals surface area (Å²) in [7, 11) is 0. The van der Waals surface area contributed by atoms with Gasteiger partial charge in [0.15, 0.2) is 5.79 Å². The molecule has 0 spiro atoms. The zero-order valence-electron chi connectivity index (χ0n) is 23.2. The number of rotatable bonds is 7. The average Bonchev–Trinajstić information content (AvgIpc) is 2.85. The van der Waals surface area contributed by atoms with Crippen LogP contribution in [-0.2, 0) is 17.7 Å². The van der Waals surface area contributed by atoms with Gasteiger partial charge >= 0.3 is 6.09 Å². The lowest BCUT2D eigenvalue weighted by atomic mass is 10.0. The minimum absolute atomic E-state index is 0.233. The number of amides is 1. The van der Waals surface area contributed by atoms with E-state index < -0.39 is 11.4 Å². The summed E-state index contributed by atoms with van der Waals surface area (Å²) in [5, 5.41) is 16.3. The molecule has 4 rings (SSSR count). The van der Waals surface area contributed by atoms with Gasteiger partial charge in [0.25, 0.3) is 0 Å². The summed E-state index contributed by atoms with van der Waals surface area (Å²) in [5.74, 6) is -0.328. The lowest BCUT2D eigenvalue weighted by molar-refractivity contribution is 0.00461. The predicted molar refractivity (Wildman–Crippen MR) is 151 cm³/mol. The van der Waals surface area contributed by atoms with Gasteiger partial charge in [0.1, 0.15) is 11.4 Å². The fourth-order valence-corrected chi connectivity index (χ4v) is 4.74. The quantitative estimate of drug-likeness (QED) is 0.507. The number of ether oxygens (including phenoxy) is 1. The highest BCUT2D eigenvalue weighted by Gasteiger charge is 2.30. The third-order valence-electron chi connectivity index (χ3n) is 6.79. The molecule has 1 fully saturated rings. The molecule has 2 aromatic carbocycles. The maximum absolute atomic E-state index is 12.5. The van der Waals surface area contributed by atoms with E-state index >= 15 is 0 Å². The number of aliphatic imine (C=N–C) groups is 1. The van der Waals surface area contributed by atoms with Crippen LogP contribution in [0.4, 0.5) is 4.79 Å². The molecule has 0 radical (unpaired) electrons. The van der Waals surface area contributed by atoms with Gasteiger partial charge in [-0.05, 0) is 76.4 Å². The Morgan fingerprint density at radius 1 is 1.18 bits per heavy atom. The second kappa shape index (κ2) is 11.6. The van der Waals surface area contributed by atoms with Gasteiger partial charge in [0.2, 0.25) is 0 Å². The van der Waals surface area contributed by atoms with Gasteiger partial charge in [0.05, 0.1) is 5.71 Å². The van der Waals surface area contributed by atoms with Crippen LogP contribution in [0, 0.1) is 0 Å². The average molecular weight is 520 g/mol. The molecule has 2 heterocycles. The summed E-state index contributed by atoms with van der Waals surface area (Å²) < 4.78 is 5.56. The Kier molecular flexibility index (Phi) is 8.43. The minimum atomic E-state index is -0.608. The molecular formula is C30H41N5O3. The van der Waals surface area contributed by atoms with Crippen molar-refractivity contribution in [3.05, 3.63) is 77.5 Å². The number of carbonyl (C=O) groups excluding carboxylic acids is 1. The first-order chi connectivity index (χ1) is 18.0. The molecule has 204 valence electrons. The van der Waals surface area contributed by atoms with E-state index in [1.807, 2.05) is 57.0 Å². The van der Waals surface area contributed by atoms with Crippen LogP contribution in [0.2, 0.25) is 0 Å². The highest BCUT2D eigenvalue weighted by Crippen LogP contribution is 2.20. The molecule has 0 aromatic heterocycles. The Bertz CT molecular complexity index is 1170. The molecule has 1 amide bonds. The number of phenols is 1. The van der Waals surface area contributed by atoms with E-state index in [4.69, 9.17) is 9.73 Å². The SMILES string of the molecule is C[C@H]1CN(C(=O)OC(C)(C)C)CCN1Cc1cccc(C2=NC(C)(NCCc3ccc(O)cc3)NC=C2)c1. The number of hydrogen-bond donors (Lipinski definition) is 3. The molecule has 8 nitrogen and oxygen atoms in total. The highest BCUT2D eigenvalue weighted by molar-refractivity contribution is 6.09. The summed E-state index contributed by atoms with van der Waals surface area (Å²) in [4.78, 5) is 21.7. The van der Waals surface area contributed by atoms with Gasteiger partial charge in [-0.3, -0.25) is 10.2 Å². The van der Waals surface area contributed by atoms with E-state index in [0.717, 1.165) is 42.9 Å². The van der Waals surface area contributed by atoms with Gasteiger partial charge < -0.3 is 20.1 Å². The Morgan fingerprint density at radius 3 is 2.66 bits per heavy atom. The summed E-state index contributed by atoms with van der Waals surface area (Å²) in [5.41, 5.74) is 3.89. The summed E-state index contributed by atoms with van der Waals surface area (Å²) in [6.07, 6.45) is 4.55. The fourth-order valence-electron chi connectivity index (χ4n) is 4.74. The van der Waals surface area contributed by atoms with Crippen molar-refractivity contribution in [1.82, 2.24) is 20.4 Å². The Balaban J connectivity index is 1.35. The van der Waals surface area contributed by atoms with Crippen molar-refractivity contribution in [2.24, 2.45) is 4.99 Å². The molecule has 1 unspecified atom stereocenters. The van der Waals surface area contributed by atoms with Gasteiger partial charge in [-0.15, -0.1) is 0 Å². The molecule has 8 heteroatoms. The number of aromatic hydroxyl groups is 1. The van der Waals surface area contributed by atoms with Crippen LogP contribution in [0.25, 0.3) is 0 Å². The Morgan fingerprint density at radius 2 is 1.95 bits per heavy atom. The molecule has 0 bridgehead atoms. The van der Waals surface area contributed by atoms with Crippen LogP contribution in [0.1, 0.15) is 51.3 Å². The van der Waals surface area contributed by atoms with Crippen LogP contribution in [0.15, 0.2) is 65.8 Å². The monoisotopic (exact) mass is 519 g/mol. The van der Waals surface area contributed by atoms with Crippen LogP contribution in [0.3, 0.4) is 0 Å². The van der Waals surface area contributed by atoms with Crippen LogP contribution in [0.5, 0.6) is 5.75 Å². The topological polar surface area (TPSA) is 89.4 Å². The molecule has 2 aliphatic rings. The first-order valence-electron chi connectivity index (χ1n) is 13.4. The number of nitrogens with one attached hydrogen (secondary N) is 2. The summed E-state index contributed by atoms with van der Waals surface area (Å²) in [6, 6.07) is 16.1. The highest BCUT2D eigenvalue weighted by atomic mass is 16.6. The van der Waals surface area contributed by atoms with E-state index in [0.29, 0.717) is 13.1 Å². The zero-order valence-corrected chi connectivity index (χ0v) is 23.2. The van der Waals surface area contributed by atoms with Gasteiger partial charge in [0, 0.05) is 50.5 Å². The van der Waals surface area contributed by atoms with Crippen molar-refractivity contribution in [3.63, 3.8) is 0 Å². The third kappa shape index (κ3) is 7.58. The molecule has 2 aromatic rings. The zero-order chi connectivity index (χ0) is 27.3. The van der Waals surface area contributed by atoms with E-state index in [1.54, 1.807) is 12.1 Å². The van der Waals surface area contributed by atoms with Crippen LogP contribution >= 0.6 is 0 Å². The van der Waals surface area contributed by atoms with Crippen LogP contribution < -0.4 is 10.6 Å². The largest absolute Gasteiger partial charge is 0.508 e. The number of phenolic OH excluding ortho intramolecular Hbond substituents is 1. The van der Waals surface area contributed by atoms with Gasteiger partial charge in [-0.1, -0.05) is 30.3 Å². The van der Waals surface area contributed by atoms with Crippen LogP contribution in [-0.4, -0.2) is 70.3 Å². The van der Waals surface area contributed by atoms with Crippen molar-refractivity contribution in [2.45, 2.75) is 65.0 Å². The van der Waals surface area contributed by atoms with Crippen molar-refractivity contribution < 1.29 is 14.6 Å². The Hall–Kier alpha value is -3.36. The van der Waals surface area contributed by atoms with Gasteiger partial charge in [-0.2, -0.15) is 0 Å². The lowest BCUT2D eigenvalue weighted by Gasteiger charge is -2.40. The van der Waals surface area contributed by atoms with Crippen molar-refractivity contribution in [3.8, 4) is 5.75 Å². The number of nitrogens with zero attached hydrogens (tertiary/aromatic N) is 3. The number of benzene rings is 2. The molecule has 38 heavy (non-hydrogen) atoms. The van der Waals surface area contributed by atoms with Gasteiger partial charge in [-0.25, -0.2) is 9.79 Å². The first kappa shape index (κ1) is 27.7. The fraction of sp³-hybridized carbons (Fsp3) is 0.467. The molecule has 2 atom stereocenters. The van der Waals surface area contributed by atoms with E-state index in [2.05, 4.69) is 46.7 Å². The first-order valence-corrected chi connectivity index (χ1v) is 13.4. The summed E-state index contributed by atoms with van der Waals surface area (Å²) in [6.45, 7) is 13.6. The second-order valence-corrected chi connectivity index (χ2v) is 11.3. The maximum Gasteiger partial charge on any atom is 0.410 e. The standard InChI is InChI=1S/C30H41N5O3/c1-22-20-35(28(37)38-29(2,3)4)18-17-34(22)21-24-7-6-8-25(19-24)27-14-16-32-30(5,33-27)31-15-13-23-9-11-26(36)12-10-23/h6-12,14,16,19,22,31-32,36H,13,15,17-18,20-21H2,1-5H3/t22-,30?/m0/s1. The maximum atomic E-state index is 12.5. The van der Waals surface area contributed by atoms with Crippen molar-refractivity contribution in [1.29, 1.82) is 0 Å². The van der Waals surface area contributed by atoms with Crippen molar-refractivity contribution >= 4 is 11.8 Å². The molecule has 2 aliphatic heterocycles. The normalized spacial score (nSPS) is 22.1. The number of piperazine rings is 1. The smallest absolute Gasteiger partial charge is 0.410 e. The molecule has 0 aliphatic carbocycles. The van der Waals surface area contributed by atoms with E-state index in [1.165, 1.54) is 5.56 Å². The van der Waals surface area contributed by atoms with Crippen molar-refractivity contribution in [2.75, 3.05) is 26.2 Å². The molecule has 0 saturated carbocycles. The Labute approximate surface area is 226 Å². The molecule has 3 N–H and O–H groups in total. The second-order valence-electron chi connectivity index (χ2n) is 11.3. The number of carbonyl (C=O) groups is 1. The molecular weight excluding hydrogens is 478 g/mol. The third-order valence-corrected chi connectivity index (χ3v) is 6.79. The number of hydrogen-bond acceptors (Lipinski definition) is 7. The van der Waals surface area contributed by atoms with E-state index in [9.17, 15) is 9.90 Å².